The SMILES string of the molecule is CCOP(=O)(OCC)C(C)CC(Br)CCBr. The number of hydrogen-bond acceptors (Lipinski definition) is 3. The Balaban J connectivity index is 4.37. The molecule has 6 heteroatoms. The van der Waals surface area contributed by atoms with Gasteiger partial charge >= 0.3 is 7.60 Å². The first-order valence-corrected chi connectivity index (χ1v) is 9.23. The Morgan fingerprint density at radius 3 is 2.12 bits per heavy atom. The highest BCUT2D eigenvalue weighted by Gasteiger charge is 2.32. The summed E-state index contributed by atoms with van der Waals surface area (Å²) in [6.45, 7) is 6.44. The highest BCUT2D eigenvalue weighted by atomic mass is 79.9. The topological polar surface area (TPSA) is 35.5 Å². The first-order valence-electron chi connectivity index (χ1n) is 5.59. The molecule has 2 atom stereocenters. The maximum atomic E-state index is 12.4. The van der Waals surface area contributed by atoms with E-state index in [9.17, 15) is 4.57 Å². The van der Waals surface area contributed by atoms with Crippen molar-refractivity contribution in [2.45, 2.75) is 44.1 Å². The van der Waals surface area contributed by atoms with Crippen LogP contribution in [0.25, 0.3) is 0 Å². The second-order valence-electron chi connectivity index (χ2n) is 3.54. The summed E-state index contributed by atoms with van der Waals surface area (Å²) in [6.07, 6.45) is 1.80. The summed E-state index contributed by atoms with van der Waals surface area (Å²) in [5, 5.41) is 0.934. The molecule has 0 amide bonds. The van der Waals surface area contributed by atoms with Gasteiger partial charge < -0.3 is 9.05 Å². The molecule has 0 bridgehead atoms. The number of alkyl halides is 2. The molecule has 0 aromatic heterocycles. The summed E-state index contributed by atoms with van der Waals surface area (Å²) in [4.78, 5) is 0.344. The number of halogens is 2. The van der Waals surface area contributed by atoms with Gasteiger partial charge in [0.05, 0.1) is 18.9 Å². The monoisotopic (exact) mass is 378 g/mol. The van der Waals surface area contributed by atoms with E-state index in [-0.39, 0.29) is 5.66 Å². The third kappa shape index (κ3) is 6.15. The van der Waals surface area contributed by atoms with E-state index < -0.39 is 7.60 Å². The van der Waals surface area contributed by atoms with Crippen LogP contribution in [0.2, 0.25) is 0 Å². The third-order valence-corrected chi connectivity index (χ3v) is 5.99. The van der Waals surface area contributed by atoms with E-state index in [1.54, 1.807) is 0 Å². The van der Waals surface area contributed by atoms with Crippen LogP contribution in [0.5, 0.6) is 0 Å². The Labute approximate surface area is 115 Å². The van der Waals surface area contributed by atoms with Gasteiger partial charge in [0.2, 0.25) is 0 Å². The van der Waals surface area contributed by atoms with Crippen molar-refractivity contribution < 1.29 is 13.6 Å². The second kappa shape index (κ2) is 9.09. The average Bonchev–Trinajstić information content (AvgIpc) is 2.18. The Morgan fingerprint density at radius 1 is 1.25 bits per heavy atom. The number of rotatable bonds is 9. The van der Waals surface area contributed by atoms with E-state index >= 15 is 0 Å². The maximum absolute atomic E-state index is 12.4. The van der Waals surface area contributed by atoms with Gasteiger partial charge in [-0.1, -0.05) is 38.8 Å². The van der Waals surface area contributed by atoms with E-state index in [1.807, 2.05) is 20.8 Å². The molecule has 0 heterocycles. The smallest absolute Gasteiger partial charge is 0.309 e. The molecular weight excluding hydrogens is 359 g/mol. The second-order valence-corrected chi connectivity index (χ2v) is 8.10. The van der Waals surface area contributed by atoms with Crippen LogP contribution in [-0.2, 0) is 13.6 Å². The van der Waals surface area contributed by atoms with Crippen LogP contribution < -0.4 is 0 Å². The molecule has 0 fully saturated rings. The normalized spacial score (nSPS) is 16.1. The molecule has 0 spiro atoms. The fraction of sp³-hybridized carbons (Fsp3) is 1.00. The van der Waals surface area contributed by atoms with Gasteiger partial charge in [0.1, 0.15) is 0 Å². The number of hydrogen-bond donors (Lipinski definition) is 0. The van der Waals surface area contributed by atoms with E-state index in [2.05, 4.69) is 31.9 Å². The van der Waals surface area contributed by atoms with Crippen LogP contribution in [0, 0.1) is 0 Å². The molecule has 3 nitrogen and oxygen atoms in total. The maximum Gasteiger partial charge on any atom is 0.333 e. The van der Waals surface area contributed by atoms with Gasteiger partial charge in [0.15, 0.2) is 0 Å². The molecule has 98 valence electrons. The molecule has 16 heavy (non-hydrogen) atoms. The van der Waals surface area contributed by atoms with Gasteiger partial charge in [-0.25, -0.2) is 0 Å². The summed E-state index contributed by atoms with van der Waals surface area (Å²) < 4.78 is 23.0. The van der Waals surface area contributed by atoms with Gasteiger partial charge in [0, 0.05) is 10.2 Å². The predicted molar refractivity (Wildman–Crippen MR) is 76.1 cm³/mol. The first kappa shape index (κ1) is 17.1. The summed E-state index contributed by atoms with van der Waals surface area (Å²) >= 11 is 6.96. The van der Waals surface area contributed by atoms with E-state index in [0.717, 1.165) is 18.2 Å². The molecule has 0 radical (unpaired) electrons. The van der Waals surface area contributed by atoms with Crippen LogP contribution >= 0.6 is 39.5 Å². The molecule has 0 aromatic rings. The molecule has 0 N–H and O–H groups in total. The Morgan fingerprint density at radius 2 is 1.75 bits per heavy atom. The van der Waals surface area contributed by atoms with Crippen molar-refractivity contribution in [3.8, 4) is 0 Å². The van der Waals surface area contributed by atoms with Crippen molar-refractivity contribution in [1.29, 1.82) is 0 Å². The fourth-order valence-electron chi connectivity index (χ4n) is 1.39. The minimum Gasteiger partial charge on any atom is -0.309 e. The zero-order chi connectivity index (χ0) is 12.6. The van der Waals surface area contributed by atoms with Crippen LogP contribution in [0.15, 0.2) is 0 Å². The van der Waals surface area contributed by atoms with Crippen LogP contribution in [-0.4, -0.2) is 29.0 Å². The van der Waals surface area contributed by atoms with E-state index in [0.29, 0.717) is 18.0 Å². The molecule has 0 saturated heterocycles. The Kier molecular flexibility index (Phi) is 9.73. The minimum atomic E-state index is -2.93. The zero-order valence-corrected chi connectivity index (χ0v) is 14.2. The molecule has 0 aliphatic carbocycles. The van der Waals surface area contributed by atoms with Crippen molar-refractivity contribution in [3.63, 3.8) is 0 Å². The highest BCUT2D eigenvalue weighted by molar-refractivity contribution is 9.10. The summed E-state index contributed by atoms with van der Waals surface area (Å²) in [5.74, 6) is 0. The predicted octanol–water partition coefficient (Wildman–Crippen LogP) is 4.58. The van der Waals surface area contributed by atoms with E-state index in [1.165, 1.54) is 0 Å². The van der Waals surface area contributed by atoms with Crippen LogP contribution in [0.4, 0.5) is 0 Å². The van der Waals surface area contributed by atoms with Crippen molar-refractivity contribution in [3.05, 3.63) is 0 Å². The van der Waals surface area contributed by atoms with Gasteiger partial charge in [-0.05, 0) is 26.7 Å². The summed E-state index contributed by atoms with van der Waals surface area (Å²) in [7, 11) is -2.93. The molecule has 0 aliphatic rings. The Hall–Kier alpha value is 1.11. The summed E-state index contributed by atoms with van der Waals surface area (Å²) in [5.41, 5.74) is -0.0733. The molecule has 0 aliphatic heterocycles. The minimum absolute atomic E-state index is 0.0733. The van der Waals surface area contributed by atoms with Crippen LogP contribution in [0.3, 0.4) is 0 Å². The first-order chi connectivity index (χ1) is 7.50. The van der Waals surface area contributed by atoms with Crippen molar-refractivity contribution in [2.75, 3.05) is 18.5 Å². The molecule has 0 saturated carbocycles. The largest absolute Gasteiger partial charge is 0.333 e. The molecule has 2 unspecified atom stereocenters. The fourth-order valence-corrected chi connectivity index (χ4v) is 5.45. The van der Waals surface area contributed by atoms with Crippen molar-refractivity contribution in [1.82, 2.24) is 0 Å². The van der Waals surface area contributed by atoms with Gasteiger partial charge in [-0.15, -0.1) is 0 Å². The third-order valence-electron chi connectivity index (χ3n) is 2.18. The Bertz CT molecular complexity index is 216. The molecule has 0 aromatic carbocycles. The lowest BCUT2D eigenvalue weighted by Gasteiger charge is -2.24. The summed E-state index contributed by atoms with van der Waals surface area (Å²) in [6, 6.07) is 0. The van der Waals surface area contributed by atoms with Crippen molar-refractivity contribution in [2.24, 2.45) is 0 Å². The lowest BCUT2D eigenvalue weighted by molar-refractivity contribution is 0.212. The van der Waals surface area contributed by atoms with Gasteiger partial charge in [-0.3, -0.25) is 4.57 Å². The van der Waals surface area contributed by atoms with Gasteiger partial charge in [0.25, 0.3) is 0 Å². The van der Waals surface area contributed by atoms with Gasteiger partial charge in [-0.2, -0.15) is 0 Å². The van der Waals surface area contributed by atoms with E-state index in [4.69, 9.17) is 9.05 Å². The standard InChI is InChI=1S/C10H21Br2O3P/c1-4-14-16(13,15-5-2)9(3)8-10(12)6-7-11/h9-10H,4-8H2,1-3H3. The molecular formula is C10H21Br2O3P. The highest BCUT2D eigenvalue weighted by Crippen LogP contribution is 2.54. The van der Waals surface area contributed by atoms with Crippen LogP contribution in [0.1, 0.15) is 33.6 Å². The molecule has 0 rings (SSSR count). The quantitative estimate of drug-likeness (QED) is 0.434. The zero-order valence-electron chi connectivity index (χ0n) is 10.1. The van der Waals surface area contributed by atoms with Crippen molar-refractivity contribution >= 4 is 39.5 Å². The lowest BCUT2D eigenvalue weighted by atomic mass is 10.2. The lowest BCUT2D eigenvalue weighted by Crippen LogP contribution is -2.15. The average molecular weight is 380 g/mol.